The maximum Gasteiger partial charge on any atom is 0.151 e. The number of aldehydes is 2. The van der Waals surface area contributed by atoms with Crippen LogP contribution in [0.3, 0.4) is 0 Å². The molecule has 0 spiro atoms. The third kappa shape index (κ3) is 7.25. The Hall–Kier alpha value is -2.58. The summed E-state index contributed by atoms with van der Waals surface area (Å²) in [5.74, 6) is 0.941. The standard InChI is InChI=1S/C16H16BrN3O.C6H4BrNO.CH4/c17-14-2-4-15(5-3-14)19-7-9-20(10-8-19)16-6-1-13(12-21)11-18-16;7-6-2-1-5(4-9)3-8-6;/h1-6,11-12H,7-10H2;1-4H;1H4/i;;1D. The molecule has 0 amide bonds. The molecule has 1 aliphatic rings. The van der Waals surface area contributed by atoms with Crippen molar-refractivity contribution >= 4 is 55.9 Å². The van der Waals surface area contributed by atoms with E-state index >= 15 is 0 Å². The van der Waals surface area contributed by atoms with E-state index in [0.29, 0.717) is 11.1 Å². The molecule has 1 aliphatic heterocycles. The second-order valence-electron chi connectivity index (χ2n) is 6.55. The number of pyridine rings is 2. The number of anilines is 2. The van der Waals surface area contributed by atoms with Gasteiger partial charge in [-0.25, -0.2) is 9.97 Å². The van der Waals surface area contributed by atoms with Gasteiger partial charge in [0.15, 0.2) is 12.6 Å². The third-order valence-electron chi connectivity index (χ3n) is 4.59. The van der Waals surface area contributed by atoms with Crippen molar-refractivity contribution in [3.05, 3.63) is 81.1 Å². The maximum atomic E-state index is 10.7. The van der Waals surface area contributed by atoms with Crippen LogP contribution in [0.15, 0.2) is 70.0 Å². The molecule has 1 aromatic carbocycles. The van der Waals surface area contributed by atoms with E-state index in [1.54, 1.807) is 18.3 Å². The van der Waals surface area contributed by atoms with E-state index in [0.717, 1.165) is 53.6 Å². The van der Waals surface area contributed by atoms with Gasteiger partial charge < -0.3 is 9.80 Å². The van der Waals surface area contributed by atoms with E-state index in [1.165, 1.54) is 19.3 Å². The molecule has 0 atom stereocenters. The van der Waals surface area contributed by atoms with Gasteiger partial charge >= 0.3 is 0 Å². The Balaban J connectivity index is 0.000000277. The molecule has 6 nitrogen and oxygen atoms in total. The Kier molecular flexibility index (Phi) is 9.17. The van der Waals surface area contributed by atoms with Gasteiger partial charge in [-0.1, -0.05) is 23.3 Å². The predicted octanol–water partition coefficient (Wildman–Crippen LogP) is 5.28. The van der Waals surface area contributed by atoms with E-state index in [9.17, 15) is 9.59 Å². The summed E-state index contributed by atoms with van der Waals surface area (Å²) in [5.41, 5.74) is 2.47. The molecular formula is C23H24Br2N4O2. The van der Waals surface area contributed by atoms with Crippen molar-refractivity contribution < 1.29 is 11.0 Å². The minimum Gasteiger partial charge on any atom is -0.368 e. The molecule has 0 radical (unpaired) electrons. The molecule has 3 heterocycles. The van der Waals surface area contributed by atoms with Crippen LogP contribution in [0.25, 0.3) is 0 Å². The number of carbonyl (C=O) groups is 2. The maximum absolute atomic E-state index is 10.7. The lowest BCUT2D eigenvalue weighted by molar-refractivity contribution is 0.111. The molecular weight excluding hydrogens is 524 g/mol. The SMILES string of the molecule is O=Cc1ccc(Br)nc1.O=Cc1ccc(N2CCN(c3ccc(Br)cc3)CC2)nc1.[2H]C. The van der Waals surface area contributed by atoms with Crippen LogP contribution in [0.1, 0.15) is 29.5 Å². The second kappa shape index (κ2) is 12.3. The lowest BCUT2D eigenvalue weighted by Crippen LogP contribution is -2.46. The highest BCUT2D eigenvalue weighted by Crippen LogP contribution is 2.21. The number of halogens is 2. The molecule has 1 saturated heterocycles. The minimum absolute atomic E-state index is 0.596. The summed E-state index contributed by atoms with van der Waals surface area (Å²) in [7, 11) is 1.25. The smallest absolute Gasteiger partial charge is 0.151 e. The van der Waals surface area contributed by atoms with E-state index < -0.39 is 0 Å². The van der Waals surface area contributed by atoms with Crippen LogP contribution in [0.5, 0.6) is 0 Å². The molecule has 0 N–H and O–H groups in total. The van der Waals surface area contributed by atoms with E-state index in [4.69, 9.17) is 1.37 Å². The molecule has 1 fully saturated rings. The summed E-state index contributed by atoms with van der Waals surface area (Å²) >= 11 is 6.61. The lowest BCUT2D eigenvalue weighted by atomic mass is 10.2. The number of benzene rings is 1. The molecule has 0 aliphatic carbocycles. The van der Waals surface area contributed by atoms with Crippen molar-refractivity contribution in [2.45, 2.75) is 7.40 Å². The van der Waals surface area contributed by atoms with Crippen LogP contribution in [0.4, 0.5) is 11.5 Å². The number of nitrogens with zero attached hydrogens (tertiary/aromatic N) is 4. The van der Waals surface area contributed by atoms with Gasteiger partial charge in [-0.3, -0.25) is 9.59 Å². The van der Waals surface area contributed by atoms with Crippen LogP contribution in [0, 0.1) is 0 Å². The zero-order valence-electron chi connectivity index (χ0n) is 18.1. The number of hydrogen-bond acceptors (Lipinski definition) is 6. The van der Waals surface area contributed by atoms with Crippen LogP contribution >= 0.6 is 31.9 Å². The highest BCUT2D eigenvalue weighted by Gasteiger charge is 2.18. The Morgan fingerprint density at radius 3 is 1.81 bits per heavy atom. The van der Waals surface area contributed by atoms with Gasteiger partial charge in [-0.05, 0) is 64.5 Å². The zero-order chi connectivity index (χ0) is 23.3. The fourth-order valence-electron chi connectivity index (χ4n) is 2.96. The lowest BCUT2D eigenvalue weighted by Gasteiger charge is -2.36. The Bertz CT molecular complexity index is 963. The van der Waals surface area contributed by atoms with Crippen molar-refractivity contribution in [1.82, 2.24) is 9.97 Å². The summed E-state index contributed by atoms with van der Waals surface area (Å²) in [5, 5.41) is 0. The van der Waals surface area contributed by atoms with Crippen LogP contribution in [-0.2, 0) is 0 Å². The minimum atomic E-state index is 0.596. The molecule has 0 bridgehead atoms. The second-order valence-corrected chi connectivity index (χ2v) is 8.28. The van der Waals surface area contributed by atoms with Gasteiger partial charge in [0.2, 0.25) is 0 Å². The zero-order valence-corrected chi connectivity index (χ0v) is 20.3. The number of piperazine rings is 1. The highest BCUT2D eigenvalue weighted by atomic mass is 79.9. The first-order chi connectivity index (χ1) is 15.6. The number of hydrogen-bond donors (Lipinski definition) is 0. The number of carbonyl (C=O) groups excluding carboxylic acids is 2. The Labute approximate surface area is 201 Å². The fourth-order valence-corrected chi connectivity index (χ4v) is 3.46. The quantitative estimate of drug-likeness (QED) is 0.326. The molecule has 31 heavy (non-hydrogen) atoms. The van der Waals surface area contributed by atoms with Crippen molar-refractivity contribution in [3.63, 3.8) is 0 Å². The van der Waals surface area contributed by atoms with E-state index in [2.05, 4.69) is 75.9 Å². The summed E-state index contributed by atoms with van der Waals surface area (Å²) in [6, 6.07) is 15.6. The summed E-state index contributed by atoms with van der Waals surface area (Å²) in [6.45, 7) is 3.81. The van der Waals surface area contributed by atoms with Crippen LogP contribution < -0.4 is 9.80 Å². The molecule has 162 valence electrons. The van der Waals surface area contributed by atoms with Crippen LogP contribution in [0.2, 0.25) is 0 Å². The van der Waals surface area contributed by atoms with Crippen molar-refractivity contribution in [2.75, 3.05) is 36.0 Å². The molecule has 3 aromatic rings. The van der Waals surface area contributed by atoms with E-state index in [-0.39, 0.29) is 0 Å². The van der Waals surface area contributed by atoms with Gasteiger partial charge in [-0.15, -0.1) is 0 Å². The summed E-state index contributed by atoms with van der Waals surface area (Å²) < 4.78 is 7.59. The largest absolute Gasteiger partial charge is 0.368 e. The first-order valence-corrected chi connectivity index (χ1v) is 10.9. The summed E-state index contributed by atoms with van der Waals surface area (Å²) in [4.78, 5) is 33.5. The molecule has 8 heteroatoms. The third-order valence-corrected chi connectivity index (χ3v) is 5.59. The van der Waals surface area contributed by atoms with Gasteiger partial charge in [0.05, 0.1) is 0 Å². The van der Waals surface area contributed by atoms with Gasteiger partial charge in [-0.2, -0.15) is 0 Å². The molecule has 4 rings (SSSR count). The first-order valence-electron chi connectivity index (χ1n) is 10.3. The normalized spacial score (nSPS) is 13.1. The highest BCUT2D eigenvalue weighted by molar-refractivity contribution is 9.10. The topological polar surface area (TPSA) is 66.4 Å². The average molecular weight is 549 g/mol. The van der Waals surface area contributed by atoms with Gasteiger partial charge in [0.25, 0.3) is 0 Å². The van der Waals surface area contributed by atoms with E-state index in [1.807, 2.05) is 12.1 Å². The molecule has 2 aromatic heterocycles. The Morgan fingerprint density at radius 2 is 1.32 bits per heavy atom. The van der Waals surface area contributed by atoms with Crippen molar-refractivity contribution in [2.24, 2.45) is 0 Å². The molecule has 0 unspecified atom stereocenters. The predicted molar refractivity (Wildman–Crippen MR) is 132 cm³/mol. The number of aromatic nitrogens is 2. The molecule has 0 saturated carbocycles. The Morgan fingerprint density at radius 1 is 0.774 bits per heavy atom. The van der Waals surface area contributed by atoms with Gasteiger partial charge in [0, 0.05) is 61.2 Å². The van der Waals surface area contributed by atoms with Crippen molar-refractivity contribution in [1.29, 1.82) is 0 Å². The van der Waals surface area contributed by atoms with Crippen molar-refractivity contribution in [3.8, 4) is 0 Å². The fraction of sp³-hybridized carbons (Fsp3) is 0.217. The van der Waals surface area contributed by atoms with Gasteiger partial charge in [0.1, 0.15) is 10.4 Å². The summed E-state index contributed by atoms with van der Waals surface area (Å²) in [6.07, 6.45) is 4.72. The monoisotopic (exact) mass is 547 g/mol. The van der Waals surface area contributed by atoms with Crippen LogP contribution in [-0.4, -0.2) is 48.7 Å². The average Bonchev–Trinajstić information content (AvgIpc) is 2.87. The first kappa shape index (κ1) is 23.1. The number of rotatable bonds is 4.